The molecule has 4 aromatic rings. The standard InChI is InChI=1S/C25H24ClN3O2/c1-14-23(16(3)30)15(2)29-24(14)25(31)28-13-19(17-8-4-6-10-21(17)26)20-12-27-22-11-7-5-9-18(20)22/h4-12,19,27,29H,13H2,1-3H3,(H,28,31). The van der Waals surface area contributed by atoms with E-state index in [0.717, 1.165) is 22.0 Å². The van der Waals surface area contributed by atoms with Crippen LogP contribution >= 0.6 is 11.6 Å². The van der Waals surface area contributed by atoms with Crippen molar-refractivity contribution >= 4 is 34.2 Å². The molecule has 2 aromatic carbocycles. The number of para-hydroxylation sites is 1. The zero-order valence-electron chi connectivity index (χ0n) is 17.7. The van der Waals surface area contributed by atoms with Crippen molar-refractivity contribution in [2.24, 2.45) is 0 Å². The van der Waals surface area contributed by atoms with E-state index in [1.54, 1.807) is 13.8 Å². The molecule has 0 spiro atoms. The number of fused-ring (bicyclic) bond motifs is 1. The van der Waals surface area contributed by atoms with E-state index in [9.17, 15) is 9.59 Å². The fourth-order valence-corrected chi connectivity index (χ4v) is 4.58. The van der Waals surface area contributed by atoms with Crippen LogP contribution in [0.1, 0.15) is 56.1 Å². The summed E-state index contributed by atoms with van der Waals surface area (Å²) in [6.07, 6.45) is 1.97. The average molecular weight is 434 g/mol. The first kappa shape index (κ1) is 20.9. The van der Waals surface area contributed by atoms with Crippen LogP contribution in [0.25, 0.3) is 10.9 Å². The first-order valence-corrected chi connectivity index (χ1v) is 10.5. The maximum absolute atomic E-state index is 13.0. The highest BCUT2D eigenvalue weighted by Crippen LogP contribution is 2.34. The van der Waals surface area contributed by atoms with Crippen LogP contribution in [0.5, 0.6) is 0 Å². The molecule has 2 heterocycles. The van der Waals surface area contributed by atoms with Gasteiger partial charge in [-0.3, -0.25) is 9.59 Å². The van der Waals surface area contributed by atoms with E-state index in [2.05, 4.69) is 21.4 Å². The quantitative estimate of drug-likeness (QED) is 0.349. The Bertz CT molecular complexity index is 1290. The van der Waals surface area contributed by atoms with Crippen LogP contribution < -0.4 is 5.32 Å². The van der Waals surface area contributed by atoms with Crippen LogP contribution in [0.3, 0.4) is 0 Å². The highest BCUT2D eigenvalue weighted by molar-refractivity contribution is 6.31. The monoisotopic (exact) mass is 433 g/mol. The van der Waals surface area contributed by atoms with Gasteiger partial charge in [0, 0.05) is 45.8 Å². The van der Waals surface area contributed by atoms with Crippen molar-refractivity contribution in [3.05, 3.63) is 93.4 Å². The topological polar surface area (TPSA) is 77.8 Å². The number of aromatic amines is 2. The summed E-state index contributed by atoms with van der Waals surface area (Å²) < 4.78 is 0. The van der Waals surface area contributed by atoms with E-state index in [1.165, 1.54) is 6.92 Å². The molecule has 0 aliphatic rings. The highest BCUT2D eigenvalue weighted by atomic mass is 35.5. The predicted molar refractivity (Wildman–Crippen MR) is 124 cm³/mol. The Morgan fingerprint density at radius 3 is 2.45 bits per heavy atom. The van der Waals surface area contributed by atoms with Gasteiger partial charge in [-0.2, -0.15) is 0 Å². The number of ketones is 1. The van der Waals surface area contributed by atoms with Crippen molar-refractivity contribution in [3.8, 4) is 0 Å². The maximum Gasteiger partial charge on any atom is 0.268 e. The number of carbonyl (C=O) groups excluding carboxylic acids is 2. The van der Waals surface area contributed by atoms with Crippen molar-refractivity contribution in [3.63, 3.8) is 0 Å². The molecular weight excluding hydrogens is 410 g/mol. The van der Waals surface area contributed by atoms with Crippen molar-refractivity contribution < 1.29 is 9.59 Å². The molecule has 5 nitrogen and oxygen atoms in total. The summed E-state index contributed by atoms with van der Waals surface area (Å²) in [5.74, 6) is -0.444. The Morgan fingerprint density at radius 2 is 1.74 bits per heavy atom. The number of benzene rings is 2. The third kappa shape index (κ3) is 3.89. The lowest BCUT2D eigenvalue weighted by Crippen LogP contribution is -2.29. The summed E-state index contributed by atoms with van der Waals surface area (Å²) in [5, 5.41) is 4.78. The summed E-state index contributed by atoms with van der Waals surface area (Å²) in [4.78, 5) is 31.3. The van der Waals surface area contributed by atoms with Gasteiger partial charge >= 0.3 is 0 Å². The van der Waals surface area contributed by atoms with Crippen LogP contribution in [0.2, 0.25) is 5.02 Å². The predicted octanol–water partition coefficient (Wildman–Crippen LogP) is 5.53. The molecular formula is C25H24ClN3O2. The molecule has 0 bridgehead atoms. The highest BCUT2D eigenvalue weighted by Gasteiger charge is 2.24. The number of aromatic nitrogens is 2. The number of aryl methyl sites for hydroxylation is 1. The summed E-state index contributed by atoms with van der Waals surface area (Å²) in [7, 11) is 0. The van der Waals surface area contributed by atoms with Gasteiger partial charge in [-0.15, -0.1) is 0 Å². The third-order valence-corrected chi connectivity index (χ3v) is 6.10. The Labute approximate surface area is 185 Å². The van der Waals surface area contributed by atoms with Gasteiger partial charge in [0.15, 0.2) is 5.78 Å². The van der Waals surface area contributed by atoms with E-state index in [-0.39, 0.29) is 17.6 Å². The maximum atomic E-state index is 13.0. The number of Topliss-reactive ketones (excluding diaryl/α,β-unsaturated/α-hetero) is 1. The van der Waals surface area contributed by atoms with Crippen LogP contribution in [0.15, 0.2) is 54.7 Å². The molecule has 158 valence electrons. The van der Waals surface area contributed by atoms with Gasteiger partial charge in [0.1, 0.15) is 5.69 Å². The number of rotatable bonds is 6. The van der Waals surface area contributed by atoms with Crippen LogP contribution in [-0.4, -0.2) is 28.2 Å². The number of halogens is 1. The first-order valence-electron chi connectivity index (χ1n) is 10.2. The van der Waals surface area contributed by atoms with Gasteiger partial charge in [-0.25, -0.2) is 0 Å². The normalized spacial score (nSPS) is 12.1. The number of carbonyl (C=O) groups is 2. The SMILES string of the molecule is CC(=O)c1c(C)[nH]c(C(=O)NCC(c2ccccc2Cl)c2c[nH]c3ccccc23)c1C. The second kappa shape index (κ2) is 8.44. The van der Waals surface area contributed by atoms with Crippen molar-refractivity contribution in [1.82, 2.24) is 15.3 Å². The van der Waals surface area contributed by atoms with Gasteiger partial charge in [0.05, 0.1) is 0 Å². The molecule has 0 saturated heterocycles. The minimum atomic E-state index is -0.245. The van der Waals surface area contributed by atoms with Crippen molar-refractivity contribution in [2.45, 2.75) is 26.7 Å². The van der Waals surface area contributed by atoms with E-state index in [0.29, 0.717) is 34.1 Å². The Kier molecular flexibility index (Phi) is 5.70. The smallest absolute Gasteiger partial charge is 0.268 e. The lowest BCUT2D eigenvalue weighted by atomic mass is 9.90. The Morgan fingerprint density at radius 1 is 1.03 bits per heavy atom. The zero-order valence-corrected chi connectivity index (χ0v) is 18.4. The molecule has 4 rings (SSSR count). The summed E-state index contributed by atoms with van der Waals surface area (Å²) in [5.41, 5.74) is 5.40. The Balaban J connectivity index is 1.68. The third-order valence-electron chi connectivity index (χ3n) is 5.76. The van der Waals surface area contributed by atoms with Crippen molar-refractivity contribution in [2.75, 3.05) is 6.54 Å². The lowest BCUT2D eigenvalue weighted by Gasteiger charge is -2.19. The van der Waals surface area contributed by atoms with Gasteiger partial charge in [-0.1, -0.05) is 48.0 Å². The molecule has 3 N–H and O–H groups in total. The first-order chi connectivity index (χ1) is 14.9. The Hall–Kier alpha value is -3.31. The zero-order chi connectivity index (χ0) is 22.1. The minimum Gasteiger partial charge on any atom is -0.361 e. The molecule has 1 unspecified atom stereocenters. The number of H-pyrrole nitrogens is 2. The van der Waals surface area contributed by atoms with E-state index in [4.69, 9.17) is 11.6 Å². The number of hydrogen-bond donors (Lipinski definition) is 3. The summed E-state index contributed by atoms with van der Waals surface area (Å²) in [6, 6.07) is 15.7. The number of nitrogens with one attached hydrogen (secondary N) is 3. The second-order valence-corrected chi connectivity index (χ2v) is 8.16. The molecule has 0 aliphatic heterocycles. The number of amides is 1. The van der Waals surface area contributed by atoms with E-state index in [1.807, 2.05) is 48.7 Å². The number of hydrogen-bond acceptors (Lipinski definition) is 2. The molecule has 1 atom stereocenters. The average Bonchev–Trinajstić information content (AvgIpc) is 3.30. The molecule has 2 aromatic heterocycles. The van der Waals surface area contributed by atoms with Gasteiger partial charge in [0.25, 0.3) is 5.91 Å². The van der Waals surface area contributed by atoms with Crippen molar-refractivity contribution in [1.29, 1.82) is 0 Å². The molecule has 6 heteroatoms. The summed E-state index contributed by atoms with van der Waals surface area (Å²) >= 11 is 6.54. The van der Waals surface area contributed by atoms with Gasteiger partial charge in [0.2, 0.25) is 0 Å². The molecule has 0 saturated carbocycles. The fourth-order valence-electron chi connectivity index (χ4n) is 4.32. The minimum absolute atomic E-state index is 0.0574. The molecule has 1 amide bonds. The molecule has 0 aliphatic carbocycles. The lowest BCUT2D eigenvalue weighted by molar-refractivity contribution is 0.0947. The van der Waals surface area contributed by atoms with Crippen LogP contribution in [0, 0.1) is 13.8 Å². The van der Waals surface area contributed by atoms with Gasteiger partial charge < -0.3 is 15.3 Å². The van der Waals surface area contributed by atoms with Gasteiger partial charge in [-0.05, 0) is 49.6 Å². The van der Waals surface area contributed by atoms with Crippen LogP contribution in [0.4, 0.5) is 0 Å². The van der Waals surface area contributed by atoms with E-state index >= 15 is 0 Å². The molecule has 0 radical (unpaired) electrons. The van der Waals surface area contributed by atoms with E-state index < -0.39 is 0 Å². The molecule has 31 heavy (non-hydrogen) atoms. The molecule has 0 fully saturated rings. The van der Waals surface area contributed by atoms with Crippen LogP contribution in [-0.2, 0) is 0 Å². The largest absolute Gasteiger partial charge is 0.361 e. The fraction of sp³-hybridized carbons (Fsp3) is 0.200. The second-order valence-electron chi connectivity index (χ2n) is 7.75. The summed E-state index contributed by atoms with van der Waals surface area (Å²) in [6.45, 7) is 5.46.